The van der Waals surface area contributed by atoms with Gasteiger partial charge in [-0.05, 0) is 43.2 Å². The highest BCUT2D eigenvalue weighted by Gasteiger charge is 2.08. The van der Waals surface area contributed by atoms with Crippen LogP contribution >= 0.6 is 11.8 Å². The van der Waals surface area contributed by atoms with E-state index in [1.165, 1.54) is 16.5 Å². The third-order valence-corrected chi connectivity index (χ3v) is 4.68. The quantitative estimate of drug-likeness (QED) is 0.381. The minimum atomic E-state index is -0.283. The number of esters is 1. The number of aryl methyl sites for hydroxylation is 2. The Bertz CT molecular complexity index is 862. The van der Waals surface area contributed by atoms with Gasteiger partial charge in [0.15, 0.2) is 0 Å². The number of fused-ring (bicyclic) bond motifs is 1. The van der Waals surface area contributed by atoms with Gasteiger partial charge in [-0.25, -0.2) is 9.78 Å². The molecular formula is C20H19NO2S. The number of carbonyl (C=O) groups is 1. The monoisotopic (exact) mass is 337 g/mol. The Morgan fingerprint density at radius 3 is 2.62 bits per heavy atom. The summed E-state index contributed by atoms with van der Waals surface area (Å²) >= 11 is 1.61. The number of nitrogens with zero attached hydrogens (tertiary/aromatic N) is 1. The van der Waals surface area contributed by atoms with E-state index in [0.717, 1.165) is 10.5 Å². The van der Waals surface area contributed by atoms with Crippen LogP contribution in [-0.4, -0.2) is 23.3 Å². The lowest BCUT2D eigenvalue weighted by atomic mass is 10.1. The third-order valence-electron chi connectivity index (χ3n) is 3.80. The number of rotatable bonds is 5. The number of carbonyl (C=O) groups excluding carboxylic acids is 1. The minimum absolute atomic E-state index is 0.283. The summed E-state index contributed by atoms with van der Waals surface area (Å²) in [7, 11) is 0. The molecule has 24 heavy (non-hydrogen) atoms. The molecule has 4 heteroatoms. The van der Waals surface area contributed by atoms with Crippen LogP contribution in [0.4, 0.5) is 0 Å². The molecule has 0 bridgehead atoms. The smallest absolute Gasteiger partial charge is 0.338 e. The lowest BCUT2D eigenvalue weighted by Gasteiger charge is -2.08. The van der Waals surface area contributed by atoms with Crippen LogP contribution in [0.3, 0.4) is 0 Å². The van der Waals surface area contributed by atoms with E-state index in [4.69, 9.17) is 9.72 Å². The van der Waals surface area contributed by atoms with Crippen LogP contribution < -0.4 is 0 Å². The molecule has 0 N–H and O–H groups in total. The van der Waals surface area contributed by atoms with E-state index in [0.29, 0.717) is 17.9 Å². The number of ether oxygens (including phenoxy) is 1. The molecule has 0 atom stereocenters. The van der Waals surface area contributed by atoms with Gasteiger partial charge in [-0.1, -0.05) is 36.4 Å². The summed E-state index contributed by atoms with van der Waals surface area (Å²) in [5.74, 6) is 0.400. The maximum atomic E-state index is 11.9. The molecule has 0 aliphatic rings. The van der Waals surface area contributed by atoms with Gasteiger partial charge >= 0.3 is 5.97 Å². The summed E-state index contributed by atoms with van der Waals surface area (Å²) in [5, 5.41) is 2.15. The van der Waals surface area contributed by atoms with Gasteiger partial charge in [0.05, 0.1) is 16.1 Å². The highest BCUT2D eigenvalue weighted by Crippen LogP contribution is 2.25. The van der Waals surface area contributed by atoms with E-state index in [9.17, 15) is 4.79 Å². The molecule has 122 valence electrons. The Hall–Kier alpha value is -2.33. The molecule has 0 radical (unpaired) electrons. The van der Waals surface area contributed by atoms with Crippen LogP contribution in [0.2, 0.25) is 0 Å². The third kappa shape index (κ3) is 3.77. The zero-order valence-corrected chi connectivity index (χ0v) is 14.6. The van der Waals surface area contributed by atoms with Crippen molar-refractivity contribution >= 4 is 28.6 Å². The van der Waals surface area contributed by atoms with Crippen molar-refractivity contribution in [1.29, 1.82) is 0 Å². The molecule has 0 saturated heterocycles. The molecule has 1 heterocycles. The normalized spacial score (nSPS) is 10.8. The average Bonchev–Trinajstić information content (AvgIpc) is 2.60. The first kappa shape index (κ1) is 16.5. The minimum Gasteiger partial charge on any atom is -0.461 e. The first-order valence-electron chi connectivity index (χ1n) is 7.87. The van der Waals surface area contributed by atoms with Gasteiger partial charge in [-0.15, -0.1) is 11.8 Å². The van der Waals surface area contributed by atoms with E-state index in [1.807, 2.05) is 18.2 Å². The average molecular weight is 337 g/mol. The van der Waals surface area contributed by atoms with Crippen LogP contribution in [0.1, 0.15) is 21.5 Å². The predicted molar refractivity (Wildman–Crippen MR) is 98.7 cm³/mol. The van der Waals surface area contributed by atoms with Gasteiger partial charge in [0.25, 0.3) is 0 Å². The fourth-order valence-corrected chi connectivity index (χ4v) is 3.33. The first-order chi connectivity index (χ1) is 11.6. The van der Waals surface area contributed by atoms with Gasteiger partial charge in [-0.2, -0.15) is 0 Å². The van der Waals surface area contributed by atoms with Crippen molar-refractivity contribution in [2.75, 3.05) is 12.4 Å². The summed E-state index contributed by atoms with van der Waals surface area (Å²) in [4.78, 5) is 16.6. The zero-order valence-electron chi connectivity index (χ0n) is 13.8. The molecule has 2 aromatic carbocycles. The van der Waals surface area contributed by atoms with Gasteiger partial charge in [-0.3, -0.25) is 0 Å². The van der Waals surface area contributed by atoms with E-state index in [1.54, 1.807) is 23.9 Å². The Labute approximate surface area is 146 Å². The lowest BCUT2D eigenvalue weighted by Crippen LogP contribution is -2.07. The van der Waals surface area contributed by atoms with Crippen LogP contribution in [-0.2, 0) is 4.74 Å². The second-order valence-corrected chi connectivity index (χ2v) is 6.71. The molecule has 3 aromatic rings. The number of thioether (sulfide) groups is 1. The number of para-hydroxylation sites is 1. The largest absolute Gasteiger partial charge is 0.461 e. The maximum Gasteiger partial charge on any atom is 0.338 e. The first-order valence-corrected chi connectivity index (χ1v) is 8.85. The fourth-order valence-electron chi connectivity index (χ4n) is 2.54. The van der Waals surface area contributed by atoms with Gasteiger partial charge in [0, 0.05) is 11.1 Å². The molecule has 3 rings (SSSR count). The van der Waals surface area contributed by atoms with Crippen molar-refractivity contribution in [3.63, 3.8) is 0 Å². The van der Waals surface area contributed by atoms with Gasteiger partial charge in [0.2, 0.25) is 0 Å². The second kappa shape index (κ2) is 7.49. The summed E-state index contributed by atoms with van der Waals surface area (Å²) < 4.78 is 5.30. The van der Waals surface area contributed by atoms with E-state index >= 15 is 0 Å². The predicted octanol–water partition coefficient (Wildman–Crippen LogP) is 4.80. The van der Waals surface area contributed by atoms with Crippen LogP contribution in [0, 0.1) is 13.8 Å². The fraction of sp³-hybridized carbons (Fsp3) is 0.200. The molecule has 0 aliphatic carbocycles. The van der Waals surface area contributed by atoms with Crippen LogP contribution in [0.25, 0.3) is 10.9 Å². The van der Waals surface area contributed by atoms with E-state index < -0.39 is 0 Å². The van der Waals surface area contributed by atoms with Crippen molar-refractivity contribution in [2.45, 2.75) is 18.9 Å². The molecule has 0 amide bonds. The molecule has 0 aliphatic heterocycles. The van der Waals surface area contributed by atoms with E-state index in [2.05, 4.69) is 38.1 Å². The summed E-state index contributed by atoms with van der Waals surface area (Å²) in [6, 6.07) is 17.4. The van der Waals surface area contributed by atoms with Crippen LogP contribution in [0.15, 0.2) is 59.6 Å². The van der Waals surface area contributed by atoms with Crippen molar-refractivity contribution in [3.05, 3.63) is 71.3 Å². The van der Waals surface area contributed by atoms with Crippen molar-refractivity contribution < 1.29 is 9.53 Å². The van der Waals surface area contributed by atoms with Crippen LogP contribution in [0.5, 0.6) is 0 Å². The Morgan fingerprint density at radius 1 is 1.04 bits per heavy atom. The Balaban J connectivity index is 1.60. The van der Waals surface area contributed by atoms with Crippen molar-refractivity contribution in [2.24, 2.45) is 0 Å². The SMILES string of the molecule is Cc1cc(SCCOC(=O)c2ccccc2)nc2c(C)cccc12. The highest BCUT2D eigenvalue weighted by atomic mass is 32.2. The standard InChI is InChI=1S/C20H19NO2S/c1-14-7-6-10-17-15(2)13-18(21-19(14)17)24-12-11-23-20(22)16-8-4-3-5-9-16/h3-10,13H,11-12H2,1-2H3. The zero-order chi connectivity index (χ0) is 16.9. The molecule has 0 saturated carbocycles. The maximum absolute atomic E-state index is 11.9. The molecule has 0 spiro atoms. The Kier molecular flexibility index (Phi) is 5.16. The number of hydrogen-bond acceptors (Lipinski definition) is 4. The van der Waals surface area contributed by atoms with Gasteiger partial charge in [0.1, 0.15) is 6.61 Å². The molecule has 0 unspecified atom stereocenters. The lowest BCUT2D eigenvalue weighted by molar-refractivity contribution is 0.0530. The van der Waals surface area contributed by atoms with E-state index in [-0.39, 0.29) is 5.97 Å². The molecular weight excluding hydrogens is 318 g/mol. The Morgan fingerprint density at radius 2 is 1.83 bits per heavy atom. The number of aromatic nitrogens is 1. The number of hydrogen-bond donors (Lipinski definition) is 0. The van der Waals surface area contributed by atoms with Crippen molar-refractivity contribution in [3.8, 4) is 0 Å². The molecule has 1 aromatic heterocycles. The van der Waals surface area contributed by atoms with Crippen molar-refractivity contribution in [1.82, 2.24) is 4.98 Å². The molecule has 3 nitrogen and oxygen atoms in total. The second-order valence-electron chi connectivity index (χ2n) is 5.60. The number of benzene rings is 2. The highest BCUT2D eigenvalue weighted by molar-refractivity contribution is 7.99. The topological polar surface area (TPSA) is 39.2 Å². The summed E-state index contributed by atoms with van der Waals surface area (Å²) in [6.45, 7) is 4.54. The summed E-state index contributed by atoms with van der Waals surface area (Å²) in [6.07, 6.45) is 0. The number of pyridine rings is 1. The van der Waals surface area contributed by atoms with Gasteiger partial charge < -0.3 is 4.74 Å². The molecule has 0 fully saturated rings. The summed E-state index contributed by atoms with van der Waals surface area (Å²) in [5.41, 5.74) is 4.01.